The van der Waals surface area contributed by atoms with E-state index in [-0.39, 0.29) is 0 Å². The topological polar surface area (TPSA) is 125 Å². The van der Waals surface area contributed by atoms with Crippen LogP contribution in [0.3, 0.4) is 0 Å². The normalized spacial score (nSPS) is 17.5. The van der Waals surface area contributed by atoms with Crippen LogP contribution in [0.25, 0.3) is 5.53 Å². The van der Waals surface area contributed by atoms with Gasteiger partial charge in [0.1, 0.15) is 0 Å². The number of hydrogen-bond acceptors (Lipinski definition) is 4. The Balaban J connectivity index is 3.54. The van der Waals surface area contributed by atoms with Crippen LogP contribution in [0.2, 0.25) is 0 Å². The van der Waals surface area contributed by atoms with Crippen molar-refractivity contribution in [3.63, 3.8) is 0 Å². The molecule has 8 heteroatoms. The van der Waals surface area contributed by atoms with Crippen molar-refractivity contribution >= 4 is 21.7 Å². The molecule has 1 aliphatic carbocycles. The molecule has 14 heavy (non-hydrogen) atoms. The second kappa shape index (κ2) is 3.24. The average Bonchev–Trinajstić information content (AvgIpc) is 2.06. The van der Waals surface area contributed by atoms with E-state index in [9.17, 15) is 18.0 Å². The summed E-state index contributed by atoms with van der Waals surface area (Å²) < 4.78 is 29.9. The Labute approximate surface area is 78.4 Å². The predicted molar refractivity (Wildman–Crippen MR) is 42.1 cm³/mol. The largest absolute Gasteiger partial charge is 0.502 e. The highest BCUT2D eigenvalue weighted by Crippen LogP contribution is 2.14. The van der Waals surface area contributed by atoms with Gasteiger partial charge in [-0.05, 0) is 12.2 Å². The maximum Gasteiger partial charge on any atom is 0.305 e. The molecule has 74 valence electrons. The van der Waals surface area contributed by atoms with Crippen molar-refractivity contribution in [3.8, 4) is 0 Å². The summed E-state index contributed by atoms with van der Waals surface area (Å²) in [6.45, 7) is 0. The van der Waals surface area contributed by atoms with E-state index in [1.165, 1.54) is 5.11 Å². The summed E-state index contributed by atoms with van der Waals surface area (Å²) in [5, 5.41) is 1.26. The number of nitrogens with zero attached hydrogens (tertiary/aromatic N) is 1. The van der Waals surface area contributed by atoms with E-state index in [2.05, 4.69) is 0 Å². The van der Waals surface area contributed by atoms with Gasteiger partial charge in [-0.25, -0.2) is 0 Å². The van der Waals surface area contributed by atoms with E-state index >= 15 is 0 Å². The van der Waals surface area contributed by atoms with Gasteiger partial charge in [-0.3, -0.25) is 19.3 Å². The van der Waals surface area contributed by atoms with Crippen LogP contribution in [0.4, 0.5) is 0 Å². The van der Waals surface area contributed by atoms with Crippen molar-refractivity contribution in [2.24, 2.45) is 0 Å². The second-order valence-corrected chi connectivity index (χ2v) is 3.71. The lowest BCUT2D eigenvalue weighted by atomic mass is 10.1. The Morgan fingerprint density at radius 2 is 1.71 bits per heavy atom. The van der Waals surface area contributed by atoms with Crippen LogP contribution in [0.1, 0.15) is 0 Å². The van der Waals surface area contributed by atoms with Crippen molar-refractivity contribution in [2.45, 2.75) is 0 Å². The number of ketones is 2. The van der Waals surface area contributed by atoms with Gasteiger partial charge in [0.25, 0.3) is 11.5 Å². The molecule has 0 aromatic heterocycles. The van der Waals surface area contributed by atoms with E-state index in [4.69, 9.17) is 10.1 Å². The first-order valence-corrected chi connectivity index (χ1v) is 4.70. The molecule has 0 saturated heterocycles. The van der Waals surface area contributed by atoms with Gasteiger partial charge in [0.2, 0.25) is 10.7 Å². The molecule has 0 bridgehead atoms. The average molecular weight is 216 g/mol. The third-order valence-electron chi connectivity index (χ3n) is 1.45. The lowest BCUT2D eigenvalue weighted by molar-refractivity contribution is -0.415. The maximum absolute atomic E-state index is 11.0. The molecule has 0 spiro atoms. The first-order chi connectivity index (χ1) is 6.38. The van der Waals surface area contributed by atoms with Gasteiger partial charge in [-0.1, -0.05) is 0 Å². The van der Waals surface area contributed by atoms with Gasteiger partial charge in [0, 0.05) is 0 Å². The summed E-state index contributed by atoms with van der Waals surface area (Å²) in [6.07, 6.45) is 1.46. The molecule has 0 heterocycles. The van der Waals surface area contributed by atoms with Crippen LogP contribution in [0.5, 0.6) is 0 Å². The third-order valence-corrected chi connectivity index (χ3v) is 2.37. The van der Waals surface area contributed by atoms with Gasteiger partial charge < -0.3 is 5.53 Å². The van der Waals surface area contributed by atoms with Gasteiger partial charge in [0.05, 0.1) is 0 Å². The zero-order chi connectivity index (χ0) is 10.9. The third kappa shape index (κ3) is 1.65. The van der Waals surface area contributed by atoms with Crippen LogP contribution in [-0.2, 0) is 19.7 Å². The monoisotopic (exact) mass is 216 g/mol. The lowest BCUT2D eigenvalue weighted by Crippen LogP contribution is -2.64. The number of hydrogen-bond donors (Lipinski definition) is 2. The van der Waals surface area contributed by atoms with Crippen molar-refractivity contribution in [2.75, 3.05) is 0 Å². The molecule has 1 rings (SSSR count). The Morgan fingerprint density at radius 1 is 1.21 bits per heavy atom. The van der Waals surface area contributed by atoms with E-state index in [1.807, 2.05) is 0 Å². The standard InChI is InChI=1S/C6H4N2O5S/c7-8-5-3(9)1-2-4(10)6(5)14(11,12)13/h1-2,8H,(H,11,12,13). The molecule has 0 unspecified atom stereocenters. The Bertz CT molecular complexity index is 484. The van der Waals surface area contributed by atoms with Crippen molar-refractivity contribution in [1.29, 1.82) is 0 Å². The summed E-state index contributed by atoms with van der Waals surface area (Å²) in [5.41, 5.74) is 7.56. The number of rotatable bonds is 2. The molecule has 0 radical (unpaired) electrons. The van der Waals surface area contributed by atoms with Crippen LogP contribution in [0.15, 0.2) is 22.8 Å². The second-order valence-electron chi connectivity index (χ2n) is 2.35. The molecule has 2 N–H and O–H groups in total. The van der Waals surface area contributed by atoms with Gasteiger partial charge in [0.15, 0.2) is 0 Å². The molecule has 7 nitrogen and oxygen atoms in total. The summed E-state index contributed by atoms with van der Waals surface area (Å²) >= 11 is 0. The Hall–Kier alpha value is -1.67. The molecule has 0 fully saturated rings. The first kappa shape index (κ1) is 10.4. The highest BCUT2D eigenvalue weighted by atomic mass is 32.2. The predicted octanol–water partition coefficient (Wildman–Crippen LogP) is -2.10. The Morgan fingerprint density at radius 3 is 2.07 bits per heavy atom. The van der Waals surface area contributed by atoms with E-state index in [0.29, 0.717) is 6.08 Å². The number of carbonyl (C=O) groups excluding carboxylic acids is 2. The highest BCUT2D eigenvalue weighted by molar-refractivity contribution is 7.91. The van der Waals surface area contributed by atoms with Crippen LogP contribution in [-0.4, -0.2) is 24.5 Å². The van der Waals surface area contributed by atoms with Crippen molar-refractivity contribution in [3.05, 3.63) is 28.3 Å². The van der Waals surface area contributed by atoms with E-state index < -0.39 is 32.3 Å². The van der Waals surface area contributed by atoms with Gasteiger partial charge >= 0.3 is 10.1 Å². The Kier molecular flexibility index (Phi) is 2.41. The molecule has 0 aliphatic heterocycles. The van der Waals surface area contributed by atoms with E-state index in [1.54, 1.807) is 0 Å². The van der Waals surface area contributed by atoms with E-state index in [0.717, 1.165) is 6.08 Å². The fraction of sp³-hybridized carbons (Fsp3) is 0. The van der Waals surface area contributed by atoms with Crippen LogP contribution < -0.4 is 5.11 Å². The molecular weight excluding hydrogens is 212 g/mol. The molecule has 0 aromatic rings. The van der Waals surface area contributed by atoms with Crippen molar-refractivity contribution < 1.29 is 27.7 Å². The molecule has 1 aliphatic rings. The minimum Gasteiger partial charge on any atom is -0.502 e. The van der Waals surface area contributed by atoms with Gasteiger partial charge in [-0.2, -0.15) is 8.42 Å². The smallest absolute Gasteiger partial charge is 0.305 e. The zero-order valence-electron chi connectivity index (χ0n) is 6.59. The molecule has 0 saturated carbocycles. The fourth-order valence-corrected chi connectivity index (χ4v) is 1.63. The van der Waals surface area contributed by atoms with Crippen molar-refractivity contribution in [1.82, 2.24) is 0 Å². The summed E-state index contributed by atoms with van der Waals surface area (Å²) in [5.74, 6) is -2.00. The minimum atomic E-state index is -4.83. The number of carbonyl (C=O) groups is 2. The van der Waals surface area contributed by atoms with Gasteiger partial charge in [-0.15, -0.1) is 0 Å². The first-order valence-electron chi connectivity index (χ1n) is 3.26. The molecule has 0 amide bonds. The molecular formula is C6H4N2O5S. The summed E-state index contributed by atoms with van der Waals surface area (Å²) in [6, 6.07) is 0. The molecule has 0 aromatic carbocycles. The highest BCUT2D eigenvalue weighted by Gasteiger charge is 2.34. The fourth-order valence-electron chi connectivity index (χ4n) is 0.907. The van der Waals surface area contributed by atoms with Crippen LogP contribution in [0, 0.1) is 0 Å². The number of nitrogens with one attached hydrogen (secondary N) is 1. The minimum absolute atomic E-state index is 0.687. The quantitative estimate of drug-likeness (QED) is 0.310. The summed E-state index contributed by atoms with van der Waals surface area (Å²) in [4.78, 5) is 20.7. The molecule has 0 atom stereocenters. The van der Waals surface area contributed by atoms with Crippen LogP contribution >= 0.6 is 0 Å². The summed E-state index contributed by atoms with van der Waals surface area (Å²) in [7, 11) is -4.83. The maximum atomic E-state index is 11.0. The zero-order valence-corrected chi connectivity index (χ0v) is 7.41. The SMILES string of the molecule is [N-]=[NH+]C1=C(S(=O)(=O)O)C(=O)C=CC1=O. The lowest BCUT2D eigenvalue weighted by Gasteiger charge is -2.04. The number of allylic oxidation sites excluding steroid dienone is 3.